The second-order valence-electron chi connectivity index (χ2n) is 9.08. The van der Waals surface area contributed by atoms with Crippen molar-refractivity contribution in [2.75, 3.05) is 30.4 Å². The third kappa shape index (κ3) is 4.08. The topological polar surface area (TPSA) is 70.1 Å². The highest BCUT2D eigenvalue weighted by atomic mass is 32.1. The van der Waals surface area contributed by atoms with E-state index in [4.69, 9.17) is 0 Å². The van der Waals surface area contributed by atoms with Crippen molar-refractivity contribution >= 4 is 39.0 Å². The SMILES string of the molecule is Cc1cccnc1-c1nc2cc(Nc3cc(C(F)(F)F)cc(N4C[C@@H]5C[C@H]4CN5C)n3)ncc2s1. The number of aromatic nitrogens is 4. The minimum atomic E-state index is -4.48. The van der Waals surface area contributed by atoms with Gasteiger partial charge in [-0.15, -0.1) is 11.3 Å². The molecular formula is C24H22F3N7S. The van der Waals surface area contributed by atoms with Gasteiger partial charge in [-0.25, -0.2) is 15.0 Å². The first-order chi connectivity index (χ1) is 16.7. The van der Waals surface area contributed by atoms with Gasteiger partial charge in [0, 0.05) is 43.6 Å². The normalized spacial score (nSPS) is 20.2. The van der Waals surface area contributed by atoms with Crippen molar-refractivity contribution < 1.29 is 13.2 Å². The Bertz CT molecular complexity index is 1420. The second kappa shape index (κ2) is 8.13. The number of hydrogen-bond acceptors (Lipinski definition) is 8. The van der Waals surface area contributed by atoms with Gasteiger partial charge >= 0.3 is 6.18 Å². The Morgan fingerprint density at radius 2 is 1.91 bits per heavy atom. The molecular weight excluding hydrogens is 475 g/mol. The summed E-state index contributed by atoms with van der Waals surface area (Å²) in [5.74, 6) is 0.826. The van der Waals surface area contributed by atoms with Gasteiger partial charge in [0.1, 0.15) is 28.2 Å². The van der Waals surface area contributed by atoms with Crippen molar-refractivity contribution in [1.29, 1.82) is 0 Å². The zero-order valence-corrected chi connectivity index (χ0v) is 19.9. The zero-order valence-electron chi connectivity index (χ0n) is 19.0. The molecule has 2 aliphatic rings. The predicted molar refractivity (Wildman–Crippen MR) is 130 cm³/mol. The van der Waals surface area contributed by atoms with E-state index in [1.807, 2.05) is 24.0 Å². The van der Waals surface area contributed by atoms with Crippen LogP contribution >= 0.6 is 11.3 Å². The van der Waals surface area contributed by atoms with Gasteiger partial charge in [0.25, 0.3) is 0 Å². The fourth-order valence-electron chi connectivity index (χ4n) is 4.88. The highest BCUT2D eigenvalue weighted by Gasteiger charge is 2.43. The van der Waals surface area contributed by atoms with Crippen molar-refractivity contribution in [3.8, 4) is 10.7 Å². The van der Waals surface area contributed by atoms with Crippen molar-refractivity contribution in [3.05, 3.63) is 53.9 Å². The first-order valence-electron chi connectivity index (χ1n) is 11.3. The Kier molecular flexibility index (Phi) is 5.15. The summed E-state index contributed by atoms with van der Waals surface area (Å²) in [4.78, 5) is 22.3. The van der Waals surface area contributed by atoms with Crippen molar-refractivity contribution in [2.45, 2.75) is 31.6 Å². The lowest BCUT2D eigenvalue weighted by Gasteiger charge is -2.33. The highest BCUT2D eigenvalue weighted by molar-refractivity contribution is 7.21. The molecule has 35 heavy (non-hydrogen) atoms. The van der Waals surface area contributed by atoms with Gasteiger partial charge in [-0.05, 0) is 44.2 Å². The standard InChI is InChI=1S/C24H22F3N7S/c1-13-4-3-5-28-22(13)23-30-17-9-19(29-10-18(17)35-23)31-20-6-14(24(25,26)27)7-21(32-20)34-12-15-8-16(34)11-33(15)2/h3-7,9-10,15-16H,8,11-12H2,1-2H3,(H,29,31,32)/t15-,16-/m0/s1. The molecule has 1 N–H and O–H groups in total. The lowest BCUT2D eigenvalue weighted by atomic mass is 10.2. The summed E-state index contributed by atoms with van der Waals surface area (Å²) in [7, 11) is 2.05. The lowest BCUT2D eigenvalue weighted by Crippen LogP contribution is -2.45. The highest BCUT2D eigenvalue weighted by Crippen LogP contribution is 2.38. The number of nitrogens with one attached hydrogen (secondary N) is 1. The van der Waals surface area contributed by atoms with Gasteiger partial charge in [-0.1, -0.05) is 6.07 Å². The largest absolute Gasteiger partial charge is 0.416 e. The molecule has 4 aromatic heterocycles. The molecule has 7 nitrogen and oxygen atoms in total. The number of halogens is 3. The number of pyridine rings is 3. The van der Waals surface area contributed by atoms with Crippen LogP contribution in [0.1, 0.15) is 17.5 Å². The molecule has 11 heteroatoms. The summed E-state index contributed by atoms with van der Waals surface area (Å²) in [6, 6.07) is 8.26. The molecule has 0 unspecified atom stereocenters. The Hall–Kier alpha value is -3.31. The summed E-state index contributed by atoms with van der Waals surface area (Å²) in [6.45, 7) is 3.47. The van der Waals surface area contributed by atoms with E-state index in [0.717, 1.165) is 46.1 Å². The van der Waals surface area contributed by atoms with Gasteiger partial charge in [-0.2, -0.15) is 13.2 Å². The summed E-state index contributed by atoms with van der Waals surface area (Å²) in [6.07, 6.45) is -0.148. The molecule has 0 spiro atoms. The third-order valence-corrected chi connectivity index (χ3v) is 7.70. The summed E-state index contributed by atoms with van der Waals surface area (Å²) >= 11 is 1.47. The molecule has 2 bridgehead atoms. The maximum atomic E-state index is 13.7. The molecule has 6 heterocycles. The summed E-state index contributed by atoms with van der Waals surface area (Å²) < 4.78 is 42.0. The minimum Gasteiger partial charge on any atom is -0.351 e. The molecule has 2 aliphatic heterocycles. The van der Waals surface area contributed by atoms with Gasteiger partial charge in [-0.3, -0.25) is 9.88 Å². The van der Waals surface area contributed by atoms with Crippen molar-refractivity contribution in [2.24, 2.45) is 0 Å². The number of likely N-dealkylation sites (N-methyl/N-ethyl adjacent to an activating group) is 1. The molecule has 0 aromatic carbocycles. The minimum absolute atomic E-state index is 0.105. The smallest absolute Gasteiger partial charge is 0.351 e. The number of fused-ring (bicyclic) bond motifs is 3. The predicted octanol–water partition coefficient (Wildman–Crippen LogP) is 5.11. The Labute approximate surface area is 203 Å². The van der Waals surface area contributed by atoms with E-state index in [1.54, 1.807) is 18.5 Å². The van der Waals surface area contributed by atoms with E-state index < -0.39 is 11.7 Å². The fourth-order valence-corrected chi connectivity index (χ4v) is 5.86. The van der Waals surface area contributed by atoms with Gasteiger partial charge < -0.3 is 10.2 Å². The van der Waals surface area contributed by atoms with E-state index in [9.17, 15) is 13.2 Å². The number of alkyl halides is 3. The monoisotopic (exact) mass is 497 g/mol. The van der Waals surface area contributed by atoms with E-state index in [1.165, 1.54) is 11.3 Å². The van der Waals surface area contributed by atoms with Crippen LogP contribution in [0.5, 0.6) is 0 Å². The van der Waals surface area contributed by atoms with Crippen LogP contribution < -0.4 is 10.2 Å². The Morgan fingerprint density at radius 3 is 2.63 bits per heavy atom. The van der Waals surface area contributed by atoms with Gasteiger partial charge in [0.05, 0.1) is 15.8 Å². The molecule has 0 radical (unpaired) electrons. The third-order valence-electron chi connectivity index (χ3n) is 6.69. The summed E-state index contributed by atoms with van der Waals surface area (Å²) in [5, 5.41) is 3.74. The Balaban J connectivity index is 1.33. The van der Waals surface area contributed by atoms with Crippen molar-refractivity contribution in [3.63, 3.8) is 0 Å². The molecule has 0 saturated carbocycles. The van der Waals surface area contributed by atoms with E-state index in [-0.39, 0.29) is 11.9 Å². The van der Waals surface area contributed by atoms with Crippen LogP contribution in [0.2, 0.25) is 0 Å². The number of thiazole rings is 1. The average Bonchev–Trinajstić information content (AvgIpc) is 3.52. The molecule has 6 rings (SSSR count). The average molecular weight is 498 g/mol. The molecule has 4 aromatic rings. The number of rotatable bonds is 4. The number of nitrogens with zero attached hydrogens (tertiary/aromatic N) is 6. The quantitative estimate of drug-likeness (QED) is 0.420. The molecule has 2 atom stereocenters. The van der Waals surface area contributed by atoms with Gasteiger partial charge in [0.2, 0.25) is 0 Å². The maximum absolute atomic E-state index is 13.7. The lowest BCUT2D eigenvalue weighted by molar-refractivity contribution is -0.137. The van der Waals surface area contributed by atoms with E-state index in [2.05, 4.69) is 37.2 Å². The Morgan fingerprint density at radius 1 is 1.06 bits per heavy atom. The molecule has 2 fully saturated rings. The molecule has 0 aliphatic carbocycles. The number of likely N-dealkylation sites (tertiary alicyclic amines) is 1. The van der Waals surface area contributed by atoms with Crippen LogP contribution in [-0.4, -0.2) is 57.1 Å². The first kappa shape index (κ1) is 22.2. The fraction of sp³-hybridized carbons (Fsp3) is 0.333. The van der Waals surface area contributed by atoms with Crippen LogP contribution in [-0.2, 0) is 6.18 Å². The second-order valence-corrected chi connectivity index (χ2v) is 10.1. The van der Waals surface area contributed by atoms with Crippen LogP contribution in [0.3, 0.4) is 0 Å². The number of piperazine rings is 1. The van der Waals surface area contributed by atoms with Crippen LogP contribution in [0.4, 0.5) is 30.6 Å². The van der Waals surface area contributed by atoms with Crippen molar-refractivity contribution in [1.82, 2.24) is 24.8 Å². The maximum Gasteiger partial charge on any atom is 0.416 e. The van der Waals surface area contributed by atoms with E-state index >= 15 is 0 Å². The first-order valence-corrected chi connectivity index (χ1v) is 12.1. The van der Waals surface area contributed by atoms with Crippen LogP contribution in [0.15, 0.2) is 42.7 Å². The zero-order chi connectivity index (χ0) is 24.3. The molecule has 0 amide bonds. The van der Waals surface area contributed by atoms with Crippen LogP contribution in [0, 0.1) is 6.92 Å². The number of hydrogen-bond donors (Lipinski definition) is 1. The van der Waals surface area contributed by atoms with E-state index in [0.29, 0.717) is 29.7 Å². The van der Waals surface area contributed by atoms with Gasteiger partial charge in [0.15, 0.2) is 0 Å². The summed E-state index contributed by atoms with van der Waals surface area (Å²) in [5.41, 5.74) is 1.78. The number of anilines is 3. The number of aryl methyl sites for hydroxylation is 1. The van der Waals surface area contributed by atoms with Crippen LogP contribution in [0.25, 0.3) is 20.9 Å². The molecule has 2 saturated heterocycles. The molecule has 180 valence electrons.